The smallest absolute Gasteiger partial charge is 0.0275 e. The number of rotatable bonds is 1. The average Bonchev–Trinajstić information content (AvgIpc) is 2.03. The van der Waals surface area contributed by atoms with Crippen LogP contribution in [0.2, 0.25) is 0 Å². The summed E-state index contributed by atoms with van der Waals surface area (Å²) in [6.07, 6.45) is 3.56. The lowest BCUT2D eigenvalue weighted by Gasteiger charge is -2.31. The zero-order valence-corrected chi connectivity index (χ0v) is 8.98. The normalized spacial score (nSPS) is 35.7. The molecule has 0 heteroatoms. The fourth-order valence-corrected chi connectivity index (χ4v) is 2.02. The van der Waals surface area contributed by atoms with Crippen LogP contribution in [0.3, 0.4) is 0 Å². The van der Waals surface area contributed by atoms with Gasteiger partial charge < -0.3 is 0 Å². The Hall–Kier alpha value is 0. The molecule has 0 spiro atoms. The molecule has 0 aromatic rings. The molecule has 0 bridgehead atoms. The monoisotopic (exact) mass is 170 g/mol. The van der Waals surface area contributed by atoms with Gasteiger partial charge in [0.25, 0.3) is 0 Å². The minimum atomic E-state index is -1.01. The number of hydrogen-bond donors (Lipinski definition) is 0. The van der Waals surface area contributed by atoms with Crippen LogP contribution in [0.25, 0.3) is 0 Å². The van der Waals surface area contributed by atoms with Crippen molar-refractivity contribution in [1.29, 1.82) is 0 Å². The predicted octanol–water partition coefficient (Wildman–Crippen LogP) is 4.25. The lowest BCUT2D eigenvalue weighted by molar-refractivity contribution is 0.212. The van der Waals surface area contributed by atoms with Crippen LogP contribution < -0.4 is 0 Å². The molecular weight excluding hydrogens is 144 g/mol. The molecular formula is C12H24. The molecule has 0 aromatic carbocycles. The lowest BCUT2D eigenvalue weighted by Crippen LogP contribution is -2.18. The van der Waals surface area contributed by atoms with Gasteiger partial charge in [-0.05, 0) is 23.6 Å². The van der Waals surface area contributed by atoms with Crippen LogP contribution in [-0.2, 0) is 0 Å². The van der Waals surface area contributed by atoms with E-state index >= 15 is 0 Å². The third-order valence-corrected chi connectivity index (χ3v) is 2.65. The molecule has 72 valence electrons. The standard InChI is InChI=1S/C12H24/c1-10-5-7-11(8-6-10)9-12(2,3)4/h10-11H,5-9H2,1-4H3/i9D2. The van der Waals surface area contributed by atoms with Crippen molar-refractivity contribution < 1.29 is 2.74 Å². The second-order valence-corrected chi connectivity index (χ2v) is 5.35. The van der Waals surface area contributed by atoms with Crippen molar-refractivity contribution in [2.75, 3.05) is 0 Å². The first-order valence-electron chi connectivity index (χ1n) is 6.25. The van der Waals surface area contributed by atoms with Crippen LogP contribution >= 0.6 is 0 Å². The molecule has 0 N–H and O–H groups in total. The Morgan fingerprint density at radius 1 is 1.17 bits per heavy atom. The van der Waals surface area contributed by atoms with Crippen molar-refractivity contribution in [1.82, 2.24) is 0 Å². The van der Waals surface area contributed by atoms with E-state index in [1.807, 2.05) is 20.8 Å². The van der Waals surface area contributed by atoms with Gasteiger partial charge >= 0.3 is 0 Å². The first kappa shape index (κ1) is 7.41. The van der Waals surface area contributed by atoms with Crippen molar-refractivity contribution in [3.8, 4) is 0 Å². The van der Waals surface area contributed by atoms with Crippen LogP contribution in [0, 0.1) is 17.3 Å². The highest BCUT2D eigenvalue weighted by atomic mass is 14.3. The van der Waals surface area contributed by atoms with E-state index in [4.69, 9.17) is 2.74 Å². The Morgan fingerprint density at radius 3 is 2.08 bits per heavy atom. The first-order chi connectivity index (χ1) is 6.25. The molecule has 0 atom stereocenters. The molecule has 0 nitrogen and oxygen atoms in total. The van der Waals surface area contributed by atoms with E-state index in [1.54, 1.807) is 0 Å². The summed E-state index contributed by atoms with van der Waals surface area (Å²) in [6, 6.07) is 0. The first-order valence-corrected chi connectivity index (χ1v) is 5.25. The zero-order valence-electron chi connectivity index (χ0n) is 11.0. The van der Waals surface area contributed by atoms with E-state index in [1.165, 1.54) is 12.8 Å². The maximum Gasteiger partial charge on any atom is 0.0275 e. The largest absolute Gasteiger partial charge is 0.0625 e. The van der Waals surface area contributed by atoms with Crippen LogP contribution in [0.5, 0.6) is 0 Å². The summed E-state index contributed by atoms with van der Waals surface area (Å²) in [5.41, 5.74) is -0.224. The summed E-state index contributed by atoms with van der Waals surface area (Å²) in [7, 11) is 0. The van der Waals surface area contributed by atoms with Crippen molar-refractivity contribution in [3.05, 3.63) is 0 Å². The van der Waals surface area contributed by atoms with Crippen LogP contribution in [0.15, 0.2) is 0 Å². The third kappa shape index (κ3) is 3.60. The van der Waals surface area contributed by atoms with E-state index < -0.39 is 6.37 Å². The van der Waals surface area contributed by atoms with Gasteiger partial charge in [-0.15, -0.1) is 0 Å². The molecule has 1 aliphatic carbocycles. The fraction of sp³-hybridized carbons (Fsp3) is 1.00. The van der Waals surface area contributed by atoms with Gasteiger partial charge in [0.2, 0.25) is 0 Å². The minimum Gasteiger partial charge on any atom is -0.0625 e. The lowest BCUT2D eigenvalue weighted by atomic mass is 9.75. The van der Waals surface area contributed by atoms with Crippen LogP contribution in [-0.4, -0.2) is 0 Å². The van der Waals surface area contributed by atoms with Crippen molar-refractivity contribution in [3.63, 3.8) is 0 Å². The highest BCUT2D eigenvalue weighted by molar-refractivity contribution is 4.74. The summed E-state index contributed by atoms with van der Waals surface area (Å²) in [6.45, 7) is 8.34. The molecule has 1 fully saturated rings. The number of hydrogen-bond acceptors (Lipinski definition) is 0. The molecule has 1 aliphatic rings. The summed E-state index contributed by atoms with van der Waals surface area (Å²) in [5.74, 6) is 1.08. The Kier molecular flexibility index (Phi) is 2.35. The van der Waals surface area contributed by atoms with Gasteiger partial charge in [-0.25, -0.2) is 0 Å². The Morgan fingerprint density at radius 2 is 1.67 bits per heavy atom. The van der Waals surface area contributed by atoms with Crippen molar-refractivity contribution in [2.24, 2.45) is 17.3 Å². The van der Waals surface area contributed by atoms with Gasteiger partial charge in [0, 0.05) is 2.74 Å². The fourth-order valence-electron chi connectivity index (χ4n) is 2.02. The molecule has 0 aliphatic heterocycles. The summed E-state index contributed by atoms with van der Waals surface area (Å²) in [5, 5.41) is 0. The summed E-state index contributed by atoms with van der Waals surface area (Å²) >= 11 is 0. The average molecular weight is 170 g/mol. The molecule has 0 saturated heterocycles. The Bertz CT molecular complexity index is 183. The molecule has 0 heterocycles. The molecule has 1 rings (SSSR count). The molecule has 1 saturated carbocycles. The summed E-state index contributed by atoms with van der Waals surface area (Å²) < 4.78 is 16.4. The van der Waals surface area contributed by atoms with Gasteiger partial charge in [0.05, 0.1) is 0 Å². The third-order valence-electron chi connectivity index (χ3n) is 2.65. The predicted molar refractivity (Wildman–Crippen MR) is 55.2 cm³/mol. The highest BCUT2D eigenvalue weighted by Crippen LogP contribution is 2.35. The second-order valence-electron chi connectivity index (χ2n) is 5.35. The van der Waals surface area contributed by atoms with Crippen molar-refractivity contribution in [2.45, 2.75) is 59.8 Å². The van der Waals surface area contributed by atoms with E-state index in [2.05, 4.69) is 6.92 Å². The molecule has 0 radical (unpaired) electrons. The van der Waals surface area contributed by atoms with Gasteiger partial charge in [-0.1, -0.05) is 53.4 Å². The van der Waals surface area contributed by atoms with E-state index in [0.717, 1.165) is 18.8 Å². The van der Waals surface area contributed by atoms with Gasteiger partial charge in [0.1, 0.15) is 0 Å². The quantitative estimate of drug-likeness (QED) is 0.552. The maximum atomic E-state index is 8.20. The van der Waals surface area contributed by atoms with Crippen LogP contribution in [0.4, 0.5) is 0 Å². The second kappa shape index (κ2) is 3.81. The van der Waals surface area contributed by atoms with Gasteiger partial charge in [-0.3, -0.25) is 0 Å². The topological polar surface area (TPSA) is 0 Å². The van der Waals surface area contributed by atoms with Crippen molar-refractivity contribution >= 4 is 0 Å². The maximum absolute atomic E-state index is 8.20. The summed E-state index contributed by atoms with van der Waals surface area (Å²) in [4.78, 5) is 0. The molecule has 0 aromatic heterocycles. The molecule has 0 amide bonds. The highest BCUT2D eigenvalue weighted by Gasteiger charge is 2.22. The minimum absolute atomic E-state index is 0.224. The van der Waals surface area contributed by atoms with Crippen LogP contribution in [0.1, 0.15) is 62.5 Å². The molecule has 0 unspecified atom stereocenters. The van der Waals surface area contributed by atoms with E-state index in [0.29, 0.717) is 0 Å². The molecule has 12 heavy (non-hydrogen) atoms. The zero-order chi connectivity index (χ0) is 11.0. The SMILES string of the molecule is [2H]C([2H])(C1CCC(C)CC1)C(C)(C)C. The Balaban J connectivity index is 2.65. The van der Waals surface area contributed by atoms with E-state index in [-0.39, 0.29) is 11.3 Å². The Labute approximate surface area is 80.6 Å². The van der Waals surface area contributed by atoms with Gasteiger partial charge in [-0.2, -0.15) is 0 Å². The van der Waals surface area contributed by atoms with E-state index in [9.17, 15) is 0 Å². The van der Waals surface area contributed by atoms with Gasteiger partial charge in [0.15, 0.2) is 0 Å².